The normalized spacial score (nSPS) is 17.5. The number of rotatable bonds is 6. The van der Waals surface area contributed by atoms with E-state index in [1.165, 1.54) is 22.3 Å². The molecule has 1 fully saturated rings. The van der Waals surface area contributed by atoms with Crippen molar-refractivity contribution in [2.24, 2.45) is 0 Å². The Labute approximate surface area is 173 Å². The van der Waals surface area contributed by atoms with E-state index in [1.54, 1.807) is 7.11 Å². The largest absolute Gasteiger partial charge is 0.382 e. The monoisotopic (exact) mass is 394 g/mol. The lowest BCUT2D eigenvalue weighted by molar-refractivity contribution is -0.138. The van der Waals surface area contributed by atoms with Crippen LogP contribution in [-0.4, -0.2) is 68.8 Å². The summed E-state index contributed by atoms with van der Waals surface area (Å²) >= 11 is 0. The van der Waals surface area contributed by atoms with E-state index in [4.69, 9.17) is 9.47 Å². The second-order valence-corrected chi connectivity index (χ2v) is 7.76. The van der Waals surface area contributed by atoms with Crippen LogP contribution in [0.4, 0.5) is 0 Å². The summed E-state index contributed by atoms with van der Waals surface area (Å²) < 4.78 is 10.4. The molecule has 1 aliphatic carbocycles. The summed E-state index contributed by atoms with van der Waals surface area (Å²) in [6.07, 6.45) is 2.17. The number of benzene rings is 2. The standard InChI is InChI=1S/C24H30N2O3/c1-28-16-17-29-18-23(27)25-12-14-26(15-13-25)24-21-8-4-2-6-19(21)10-11-20-7-3-5-9-22(20)24/h2-9,24H,10-18H2,1H3. The predicted molar refractivity (Wildman–Crippen MR) is 113 cm³/mol. The van der Waals surface area contributed by atoms with Crippen molar-refractivity contribution in [1.82, 2.24) is 9.80 Å². The van der Waals surface area contributed by atoms with Crippen LogP contribution in [0.15, 0.2) is 48.5 Å². The number of hydrogen-bond donors (Lipinski definition) is 0. The Balaban J connectivity index is 1.48. The maximum Gasteiger partial charge on any atom is 0.248 e. The molecular formula is C24H30N2O3. The maximum absolute atomic E-state index is 12.4. The first-order chi connectivity index (χ1) is 14.3. The third kappa shape index (κ3) is 4.53. The van der Waals surface area contributed by atoms with Crippen molar-refractivity contribution < 1.29 is 14.3 Å². The third-order valence-electron chi connectivity index (χ3n) is 6.05. The first-order valence-corrected chi connectivity index (χ1v) is 10.5. The summed E-state index contributed by atoms with van der Waals surface area (Å²) in [6, 6.07) is 18.0. The lowest BCUT2D eigenvalue weighted by Gasteiger charge is -2.40. The van der Waals surface area contributed by atoms with Crippen molar-refractivity contribution >= 4 is 5.91 Å². The number of piperazine rings is 1. The van der Waals surface area contributed by atoms with Crippen LogP contribution in [0, 0.1) is 0 Å². The van der Waals surface area contributed by atoms with Gasteiger partial charge in [0.05, 0.1) is 19.3 Å². The summed E-state index contributed by atoms with van der Waals surface area (Å²) in [5, 5.41) is 0. The van der Waals surface area contributed by atoms with Crippen molar-refractivity contribution in [3.05, 3.63) is 70.8 Å². The van der Waals surface area contributed by atoms with Crippen LogP contribution in [0.2, 0.25) is 0 Å². The first kappa shape index (κ1) is 20.1. The molecule has 0 saturated carbocycles. The summed E-state index contributed by atoms with van der Waals surface area (Å²) in [6.45, 7) is 4.34. The topological polar surface area (TPSA) is 42.0 Å². The molecule has 154 valence electrons. The molecule has 0 unspecified atom stereocenters. The predicted octanol–water partition coefficient (Wildman–Crippen LogP) is 2.68. The second kappa shape index (κ2) is 9.53. The van der Waals surface area contributed by atoms with Gasteiger partial charge >= 0.3 is 0 Å². The summed E-state index contributed by atoms with van der Waals surface area (Å²) in [5.74, 6) is 0.0717. The average Bonchev–Trinajstić information content (AvgIpc) is 2.94. The van der Waals surface area contributed by atoms with Gasteiger partial charge in [-0.3, -0.25) is 9.69 Å². The Morgan fingerprint density at radius 1 is 0.897 bits per heavy atom. The molecule has 0 spiro atoms. The first-order valence-electron chi connectivity index (χ1n) is 10.5. The fourth-order valence-corrected chi connectivity index (χ4v) is 4.51. The second-order valence-electron chi connectivity index (χ2n) is 7.76. The molecule has 2 aromatic carbocycles. The van der Waals surface area contributed by atoms with E-state index in [2.05, 4.69) is 53.4 Å². The SMILES string of the molecule is COCCOCC(=O)N1CCN(C2c3ccccc3CCc3ccccc32)CC1. The average molecular weight is 395 g/mol. The zero-order valence-corrected chi connectivity index (χ0v) is 17.2. The van der Waals surface area contributed by atoms with Crippen LogP contribution >= 0.6 is 0 Å². The van der Waals surface area contributed by atoms with Gasteiger partial charge in [-0.05, 0) is 35.1 Å². The van der Waals surface area contributed by atoms with E-state index < -0.39 is 0 Å². The quantitative estimate of drug-likeness (QED) is 0.707. The highest BCUT2D eigenvalue weighted by Crippen LogP contribution is 2.37. The summed E-state index contributed by atoms with van der Waals surface area (Å²) in [5.41, 5.74) is 5.72. The van der Waals surface area contributed by atoms with E-state index in [-0.39, 0.29) is 18.6 Å². The highest BCUT2D eigenvalue weighted by molar-refractivity contribution is 5.77. The zero-order chi connectivity index (χ0) is 20.1. The minimum Gasteiger partial charge on any atom is -0.382 e. The summed E-state index contributed by atoms with van der Waals surface area (Å²) in [7, 11) is 1.63. The van der Waals surface area contributed by atoms with Gasteiger partial charge in [0, 0.05) is 33.3 Å². The van der Waals surface area contributed by atoms with E-state index in [9.17, 15) is 4.79 Å². The molecule has 2 aliphatic rings. The van der Waals surface area contributed by atoms with Crippen molar-refractivity contribution in [2.45, 2.75) is 18.9 Å². The van der Waals surface area contributed by atoms with Crippen molar-refractivity contribution in [3.63, 3.8) is 0 Å². The van der Waals surface area contributed by atoms with E-state index in [1.807, 2.05) is 4.90 Å². The van der Waals surface area contributed by atoms with Gasteiger partial charge in [-0.2, -0.15) is 0 Å². The molecule has 2 aromatic rings. The van der Waals surface area contributed by atoms with Crippen LogP contribution < -0.4 is 0 Å². The van der Waals surface area contributed by atoms with Gasteiger partial charge in [-0.15, -0.1) is 0 Å². The lowest BCUT2D eigenvalue weighted by atomic mass is 9.93. The van der Waals surface area contributed by atoms with Crippen molar-refractivity contribution in [2.75, 3.05) is 53.1 Å². The van der Waals surface area contributed by atoms with Crippen LogP contribution in [0.25, 0.3) is 0 Å². The number of aryl methyl sites for hydroxylation is 2. The molecule has 1 aliphatic heterocycles. The van der Waals surface area contributed by atoms with Gasteiger partial charge in [-0.1, -0.05) is 48.5 Å². The number of carbonyl (C=O) groups is 1. The Morgan fingerprint density at radius 2 is 1.48 bits per heavy atom. The molecule has 1 heterocycles. The number of fused-ring (bicyclic) bond motifs is 2. The Bertz CT molecular complexity index is 783. The number of nitrogens with zero attached hydrogens (tertiary/aromatic N) is 2. The molecular weight excluding hydrogens is 364 g/mol. The van der Waals surface area contributed by atoms with Gasteiger partial charge in [0.2, 0.25) is 5.91 Å². The molecule has 1 saturated heterocycles. The van der Waals surface area contributed by atoms with Crippen LogP contribution in [0.5, 0.6) is 0 Å². The Kier molecular flexibility index (Phi) is 6.60. The van der Waals surface area contributed by atoms with Gasteiger partial charge in [0.25, 0.3) is 0 Å². The minimum absolute atomic E-state index is 0.0717. The molecule has 4 rings (SSSR count). The lowest BCUT2D eigenvalue weighted by Crippen LogP contribution is -2.50. The molecule has 0 radical (unpaired) electrons. The van der Waals surface area contributed by atoms with Gasteiger partial charge in [0.15, 0.2) is 0 Å². The van der Waals surface area contributed by atoms with Crippen LogP contribution in [0.1, 0.15) is 28.3 Å². The molecule has 1 amide bonds. The zero-order valence-electron chi connectivity index (χ0n) is 17.2. The highest BCUT2D eigenvalue weighted by Gasteiger charge is 2.31. The minimum atomic E-state index is 0.0717. The molecule has 0 atom stereocenters. The number of carbonyl (C=O) groups excluding carboxylic acids is 1. The smallest absolute Gasteiger partial charge is 0.248 e. The number of methoxy groups -OCH3 is 1. The molecule has 5 heteroatoms. The molecule has 0 bridgehead atoms. The van der Waals surface area contributed by atoms with Crippen molar-refractivity contribution in [3.8, 4) is 0 Å². The molecule has 0 aromatic heterocycles. The van der Waals surface area contributed by atoms with E-state index >= 15 is 0 Å². The highest BCUT2D eigenvalue weighted by atomic mass is 16.5. The van der Waals surface area contributed by atoms with E-state index in [0.717, 1.165) is 39.0 Å². The molecule has 29 heavy (non-hydrogen) atoms. The number of amides is 1. The van der Waals surface area contributed by atoms with Gasteiger partial charge in [0.1, 0.15) is 6.61 Å². The van der Waals surface area contributed by atoms with E-state index in [0.29, 0.717) is 13.2 Å². The Morgan fingerprint density at radius 3 is 2.07 bits per heavy atom. The van der Waals surface area contributed by atoms with Gasteiger partial charge in [-0.25, -0.2) is 0 Å². The fourth-order valence-electron chi connectivity index (χ4n) is 4.51. The Hall–Kier alpha value is -2.21. The van der Waals surface area contributed by atoms with Crippen molar-refractivity contribution in [1.29, 1.82) is 0 Å². The molecule has 0 N–H and O–H groups in total. The third-order valence-corrected chi connectivity index (χ3v) is 6.05. The number of hydrogen-bond acceptors (Lipinski definition) is 4. The maximum atomic E-state index is 12.4. The van der Waals surface area contributed by atoms with Gasteiger partial charge < -0.3 is 14.4 Å². The van der Waals surface area contributed by atoms with Crippen LogP contribution in [-0.2, 0) is 27.1 Å². The summed E-state index contributed by atoms with van der Waals surface area (Å²) in [4.78, 5) is 16.9. The van der Waals surface area contributed by atoms with Crippen LogP contribution in [0.3, 0.4) is 0 Å². The fraction of sp³-hybridized carbons (Fsp3) is 0.458. The molecule has 5 nitrogen and oxygen atoms in total. The number of ether oxygens (including phenoxy) is 2.